The number of aromatic nitrogens is 2. The van der Waals surface area contributed by atoms with Crippen LogP contribution in [0.5, 0.6) is 0 Å². The first kappa shape index (κ1) is 10.4. The molecule has 5 nitrogen and oxygen atoms in total. The molecule has 1 aliphatic heterocycles. The van der Waals surface area contributed by atoms with Gasteiger partial charge < -0.3 is 10.0 Å². The van der Waals surface area contributed by atoms with Gasteiger partial charge in [0.25, 0.3) is 0 Å². The quantitative estimate of drug-likeness (QED) is 0.719. The van der Waals surface area contributed by atoms with Crippen LogP contribution in [0.1, 0.15) is 6.04 Å². The van der Waals surface area contributed by atoms with E-state index in [2.05, 4.69) is 5.10 Å². The minimum atomic E-state index is -0.572. The van der Waals surface area contributed by atoms with E-state index in [4.69, 9.17) is 11.6 Å². The van der Waals surface area contributed by atoms with E-state index < -0.39 is 6.10 Å². The molecule has 0 spiro atoms. The molecule has 1 aromatic heterocycles. The Kier molecular flexibility index (Phi) is 2.93. The van der Waals surface area contributed by atoms with Gasteiger partial charge in [0.15, 0.2) is 0 Å². The SMILES string of the molecule is O=C(CCl)N1C[C@@H](O)[C@H](n2cccn2)C1. The summed E-state index contributed by atoms with van der Waals surface area (Å²) in [6, 6.07) is 1.63. The highest BCUT2D eigenvalue weighted by atomic mass is 35.5. The third-order valence-corrected chi connectivity index (χ3v) is 2.82. The van der Waals surface area contributed by atoms with Gasteiger partial charge in [0.1, 0.15) is 5.88 Å². The third kappa shape index (κ3) is 1.98. The van der Waals surface area contributed by atoms with Crippen LogP contribution < -0.4 is 0 Å². The van der Waals surface area contributed by atoms with E-state index in [9.17, 15) is 9.90 Å². The number of nitrogens with zero attached hydrogens (tertiary/aromatic N) is 3. The number of hydrogen-bond acceptors (Lipinski definition) is 3. The van der Waals surface area contributed by atoms with Crippen LogP contribution in [0.25, 0.3) is 0 Å². The zero-order valence-corrected chi connectivity index (χ0v) is 8.84. The monoisotopic (exact) mass is 229 g/mol. The molecular weight excluding hydrogens is 218 g/mol. The van der Waals surface area contributed by atoms with Gasteiger partial charge in [-0.25, -0.2) is 0 Å². The Morgan fingerprint density at radius 3 is 3.00 bits per heavy atom. The molecule has 2 heterocycles. The molecule has 2 atom stereocenters. The second-order valence-corrected chi connectivity index (χ2v) is 3.82. The van der Waals surface area contributed by atoms with Gasteiger partial charge in [-0.1, -0.05) is 0 Å². The van der Waals surface area contributed by atoms with Crippen molar-refractivity contribution in [3.63, 3.8) is 0 Å². The van der Waals surface area contributed by atoms with Crippen LogP contribution in [-0.2, 0) is 4.79 Å². The molecule has 15 heavy (non-hydrogen) atoms. The fourth-order valence-electron chi connectivity index (χ4n) is 1.79. The lowest BCUT2D eigenvalue weighted by Gasteiger charge is -2.14. The molecule has 0 aliphatic carbocycles. The van der Waals surface area contributed by atoms with Crippen molar-refractivity contribution in [2.45, 2.75) is 12.1 Å². The standard InChI is InChI=1S/C9H12ClN3O2/c10-4-9(15)12-5-7(8(14)6-12)13-3-1-2-11-13/h1-3,7-8,14H,4-6H2/t7-,8-/m1/s1. The van der Waals surface area contributed by atoms with Crippen LogP contribution in [0.4, 0.5) is 0 Å². The molecule has 6 heteroatoms. The third-order valence-electron chi connectivity index (χ3n) is 2.59. The fourth-order valence-corrected chi connectivity index (χ4v) is 1.96. The van der Waals surface area contributed by atoms with Gasteiger partial charge in [-0.05, 0) is 6.07 Å². The number of alkyl halides is 1. The van der Waals surface area contributed by atoms with Crippen LogP contribution >= 0.6 is 11.6 Å². The Labute approximate surface area is 92.2 Å². The Hall–Kier alpha value is -1.07. The molecule has 1 amide bonds. The van der Waals surface area contributed by atoms with Gasteiger partial charge in [-0.2, -0.15) is 5.10 Å². The highest BCUT2D eigenvalue weighted by Gasteiger charge is 2.34. The van der Waals surface area contributed by atoms with Crippen molar-refractivity contribution in [3.05, 3.63) is 18.5 Å². The predicted molar refractivity (Wildman–Crippen MR) is 54.6 cm³/mol. The van der Waals surface area contributed by atoms with Gasteiger partial charge in [0, 0.05) is 25.5 Å². The number of aliphatic hydroxyl groups is 1. The summed E-state index contributed by atoms with van der Waals surface area (Å²) in [6.45, 7) is 0.796. The summed E-state index contributed by atoms with van der Waals surface area (Å²) in [7, 11) is 0. The number of amides is 1. The van der Waals surface area contributed by atoms with Crippen LogP contribution in [0.15, 0.2) is 18.5 Å². The fraction of sp³-hybridized carbons (Fsp3) is 0.556. The zero-order valence-electron chi connectivity index (χ0n) is 8.08. The normalized spacial score (nSPS) is 25.9. The van der Waals surface area contributed by atoms with Crippen molar-refractivity contribution >= 4 is 17.5 Å². The van der Waals surface area contributed by atoms with Gasteiger partial charge >= 0.3 is 0 Å². The lowest BCUT2D eigenvalue weighted by atomic mass is 10.2. The number of aliphatic hydroxyl groups excluding tert-OH is 1. The molecular formula is C9H12ClN3O2. The molecule has 1 saturated heterocycles. The number of β-amino-alcohol motifs (C(OH)–C–C–N with tert-alkyl or cyclic N) is 1. The Balaban J connectivity index is 2.08. The molecule has 1 aromatic rings. The summed E-state index contributed by atoms with van der Waals surface area (Å²) in [6.07, 6.45) is 2.86. The van der Waals surface area contributed by atoms with Crippen molar-refractivity contribution in [3.8, 4) is 0 Å². The van der Waals surface area contributed by atoms with Crippen LogP contribution in [0.3, 0.4) is 0 Å². The molecule has 0 aromatic carbocycles. The Morgan fingerprint density at radius 2 is 2.40 bits per heavy atom. The van der Waals surface area contributed by atoms with Gasteiger partial charge in [0.2, 0.25) is 5.91 Å². The van der Waals surface area contributed by atoms with E-state index >= 15 is 0 Å². The molecule has 1 fully saturated rings. The maximum absolute atomic E-state index is 11.3. The van der Waals surface area contributed by atoms with Crippen molar-refractivity contribution in [2.24, 2.45) is 0 Å². The minimum absolute atomic E-state index is 0.0431. The molecule has 82 valence electrons. The molecule has 0 radical (unpaired) electrons. The molecule has 0 unspecified atom stereocenters. The first-order valence-corrected chi connectivity index (χ1v) is 5.26. The van der Waals surface area contributed by atoms with Crippen LogP contribution in [0.2, 0.25) is 0 Å². The number of rotatable bonds is 2. The summed E-state index contributed by atoms with van der Waals surface area (Å²) in [5.41, 5.74) is 0. The minimum Gasteiger partial charge on any atom is -0.389 e. The van der Waals surface area contributed by atoms with Crippen molar-refractivity contribution in [1.82, 2.24) is 14.7 Å². The second kappa shape index (κ2) is 4.20. The first-order valence-electron chi connectivity index (χ1n) is 4.73. The smallest absolute Gasteiger partial charge is 0.237 e. The number of hydrogen-bond donors (Lipinski definition) is 1. The van der Waals surface area contributed by atoms with Crippen LogP contribution in [-0.4, -0.2) is 50.8 Å². The lowest BCUT2D eigenvalue weighted by molar-refractivity contribution is -0.127. The molecule has 1 N–H and O–H groups in total. The summed E-state index contributed by atoms with van der Waals surface area (Å²) < 4.78 is 1.67. The first-order chi connectivity index (χ1) is 7.22. The topological polar surface area (TPSA) is 58.4 Å². The van der Waals surface area contributed by atoms with Crippen molar-refractivity contribution < 1.29 is 9.90 Å². The van der Waals surface area contributed by atoms with Gasteiger partial charge in [-0.3, -0.25) is 9.48 Å². The Morgan fingerprint density at radius 1 is 1.60 bits per heavy atom. The summed E-state index contributed by atoms with van der Waals surface area (Å²) >= 11 is 5.46. The average Bonchev–Trinajstić information content (AvgIpc) is 2.84. The maximum atomic E-state index is 11.3. The number of likely N-dealkylation sites (tertiary alicyclic amines) is 1. The number of carbonyl (C=O) groups is 1. The maximum Gasteiger partial charge on any atom is 0.237 e. The molecule has 1 aliphatic rings. The highest BCUT2D eigenvalue weighted by Crippen LogP contribution is 2.21. The lowest BCUT2D eigenvalue weighted by Crippen LogP contribution is -2.30. The van der Waals surface area contributed by atoms with E-state index in [0.29, 0.717) is 13.1 Å². The molecule has 0 bridgehead atoms. The largest absolute Gasteiger partial charge is 0.389 e. The van der Waals surface area contributed by atoms with E-state index in [1.54, 1.807) is 28.0 Å². The Bertz CT molecular complexity index is 341. The highest BCUT2D eigenvalue weighted by molar-refractivity contribution is 6.27. The van der Waals surface area contributed by atoms with E-state index in [0.717, 1.165) is 0 Å². The van der Waals surface area contributed by atoms with E-state index in [1.165, 1.54) is 0 Å². The average molecular weight is 230 g/mol. The van der Waals surface area contributed by atoms with Gasteiger partial charge in [0.05, 0.1) is 12.1 Å². The molecule has 2 rings (SSSR count). The van der Waals surface area contributed by atoms with Crippen LogP contribution in [0, 0.1) is 0 Å². The number of carbonyl (C=O) groups excluding carboxylic acids is 1. The van der Waals surface area contributed by atoms with E-state index in [1.807, 2.05) is 0 Å². The second-order valence-electron chi connectivity index (χ2n) is 3.55. The zero-order chi connectivity index (χ0) is 10.8. The molecule has 0 saturated carbocycles. The number of halogens is 1. The summed E-state index contributed by atoms with van der Waals surface area (Å²) in [5, 5.41) is 13.8. The predicted octanol–water partition coefficient (Wildman–Crippen LogP) is -0.134. The summed E-state index contributed by atoms with van der Waals surface area (Å²) in [4.78, 5) is 12.9. The van der Waals surface area contributed by atoms with E-state index in [-0.39, 0.29) is 17.8 Å². The summed E-state index contributed by atoms with van der Waals surface area (Å²) in [5.74, 6) is -0.191. The van der Waals surface area contributed by atoms with Gasteiger partial charge in [-0.15, -0.1) is 11.6 Å². The van der Waals surface area contributed by atoms with Crippen molar-refractivity contribution in [2.75, 3.05) is 19.0 Å². The van der Waals surface area contributed by atoms with Crippen molar-refractivity contribution in [1.29, 1.82) is 0 Å².